The number of hydrogen-bond donors (Lipinski definition) is 1. The molecule has 0 aliphatic rings. The molecule has 0 aliphatic heterocycles. The molecule has 2 aromatic rings. The second-order valence-electron chi connectivity index (χ2n) is 5.00. The molecule has 0 aliphatic carbocycles. The van der Waals surface area contributed by atoms with Crippen molar-refractivity contribution in [1.29, 1.82) is 0 Å². The summed E-state index contributed by atoms with van der Waals surface area (Å²) in [6.45, 7) is 5.54. The molecular formula is C16H17ClFN. The summed E-state index contributed by atoms with van der Waals surface area (Å²) in [6, 6.07) is 7.42. The molecule has 0 radical (unpaired) electrons. The maximum atomic E-state index is 13.6. The van der Waals surface area contributed by atoms with E-state index < -0.39 is 0 Å². The van der Waals surface area contributed by atoms with Gasteiger partial charge in [-0.25, -0.2) is 4.39 Å². The van der Waals surface area contributed by atoms with Crippen LogP contribution in [-0.4, -0.2) is 0 Å². The molecule has 0 saturated heterocycles. The summed E-state index contributed by atoms with van der Waals surface area (Å²) >= 11 is 6.04. The van der Waals surface area contributed by atoms with Gasteiger partial charge in [-0.3, -0.25) is 0 Å². The summed E-state index contributed by atoms with van der Waals surface area (Å²) in [5, 5.41) is 0.633. The summed E-state index contributed by atoms with van der Waals surface area (Å²) in [5.41, 5.74) is 11.1. The number of halogens is 2. The Labute approximate surface area is 118 Å². The lowest BCUT2D eigenvalue weighted by atomic mass is 9.97. The van der Waals surface area contributed by atoms with E-state index in [0.29, 0.717) is 28.3 Å². The van der Waals surface area contributed by atoms with Crippen LogP contribution in [0.15, 0.2) is 24.3 Å². The Bertz CT molecular complexity index is 612. The SMILES string of the molecule is Cc1cc(Cc2cc(Cl)cc(N)c2C)cc(C)c1F. The molecule has 2 rings (SSSR count). The highest BCUT2D eigenvalue weighted by Gasteiger charge is 2.08. The number of anilines is 1. The van der Waals surface area contributed by atoms with Crippen LogP contribution in [-0.2, 0) is 6.42 Å². The normalized spacial score (nSPS) is 10.8. The molecule has 0 heterocycles. The third-order valence-corrected chi connectivity index (χ3v) is 3.63. The van der Waals surface area contributed by atoms with Crippen molar-refractivity contribution in [2.75, 3.05) is 5.73 Å². The van der Waals surface area contributed by atoms with Crippen LogP contribution in [0.1, 0.15) is 27.8 Å². The summed E-state index contributed by atoms with van der Waals surface area (Å²) in [4.78, 5) is 0. The van der Waals surface area contributed by atoms with Gasteiger partial charge in [0.15, 0.2) is 0 Å². The molecule has 0 amide bonds. The molecule has 0 saturated carbocycles. The van der Waals surface area contributed by atoms with Gasteiger partial charge in [-0.15, -0.1) is 0 Å². The Hall–Kier alpha value is -1.54. The van der Waals surface area contributed by atoms with Crippen molar-refractivity contribution in [2.45, 2.75) is 27.2 Å². The fourth-order valence-electron chi connectivity index (χ4n) is 2.30. The first kappa shape index (κ1) is 13.9. The molecule has 0 unspecified atom stereocenters. The molecule has 0 spiro atoms. The highest BCUT2D eigenvalue weighted by molar-refractivity contribution is 6.31. The molecule has 3 heteroatoms. The number of aryl methyl sites for hydroxylation is 2. The summed E-state index contributed by atoms with van der Waals surface area (Å²) in [5.74, 6) is -0.133. The van der Waals surface area contributed by atoms with Crippen molar-refractivity contribution in [3.05, 3.63) is 62.9 Å². The highest BCUT2D eigenvalue weighted by Crippen LogP contribution is 2.25. The van der Waals surface area contributed by atoms with Crippen LogP contribution in [0.4, 0.5) is 10.1 Å². The van der Waals surface area contributed by atoms with E-state index in [1.165, 1.54) is 0 Å². The predicted molar refractivity (Wildman–Crippen MR) is 79.3 cm³/mol. The van der Waals surface area contributed by atoms with Gasteiger partial charge >= 0.3 is 0 Å². The summed E-state index contributed by atoms with van der Waals surface area (Å²) in [6.07, 6.45) is 0.707. The van der Waals surface area contributed by atoms with E-state index in [9.17, 15) is 4.39 Å². The van der Waals surface area contributed by atoms with Crippen molar-refractivity contribution >= 4 is 17.3 Å². The fraction of sp³-hybridized carbons (Fsp3) is 0.250. The van der Waals surface area contributed by atoms with Gasteiger partial charge in [-0.05, 0) is 67.1 Å². The molecule has 0 atom stereocenters. The van der Waals surface area contributed by atoms with Crippen LogP contribution in [0.5, 0.6) is 0 Å². The van der Waals surface area contributed by atoms with E-state index >= 15 is 0 Å². The molecule has 100 valence electrons. The minimum absolute atomic E-state index is 0.133. The summed E-state index contributed by atoms with van der Waals surface area (Å²) in [7, 11) is 0. The van der Waals surface area contributed by atoms with Gasteiger partial charge in [0, 0.05) is 10.7 Å². The Morgan fingerprint density at radius 1 is 1.05 bits per heavy atom. The van der Waals surface area contributed by atoms with E-state index in [2.05, 4.69) is 0 Å². The largest absolute Gasteiger partial charge is 0.398 e. The maximum Gasteiger partial charge on any atom is 0.129 e. The first-order valence-electron chi connectivity index (χ1n) is 6.18. The van der Waals surface area contributed by atoms with Gasteiger partial charge < -0.3 is 5.73 Å². The third kappa shape index (κ3) is 2.90. The van der Waals surface area contributed by atoms with Crippen LogP contribution in [0.3, 0.4) is 0 Å². The first-order chi connectivity index (χ1) is 8.88. The highest BCUT2D eigenvalue weighted by atomic mass is 35.5. The van der Waals surface area contributed by atoms with Gasteiger partial charge in [0.25, 0.3) is 0 Å². The Morgan fingerprint density at radius 3 is 2.21 bits per heavy atom. The van der Waals surface area contributed by atoms with Crippen LogP contribution in [0.2, 0.25) is 5.02 Å². The quantitative estimate of drug-likeness (QED) is 0.799. The van der Waals surface area contributed by atoms with Crippen molar-refractivity contribution < 1.29 is 4.39 Å². The van der Waals surface area contributed by atoms with E-state index in [4.69, 9.17) is 17.3 Å². The van der Waals surface area contributed by atoms with Crippen LogP contribution >= 0.6 is 11.6 Å². The standard InChI is InChI=1S/C16H17ClFN/c1-9-4-12(5-10(2)16(9)18)6-13-7-14(17)8-15(19)11(13)3/h4-5,7-8H,6,19H2,1-3H3. The van der Waals surface area contributed by atoms with Crippen LogP contribution < -0.4 is 5.73 Å². The Morgan fingerprint density at radius 2 is 1.63 bits per heavy atom. The Kier molecular flexibility index (Phi) is 3.81. The number of benzene rings is 2. The van der Waals surface area contributed by atoms with Gasteiger partial charge in [-0.1, -0.05) is 23.7 Å². The van der Waals surface area contributed by atoms with Gasteiger partial charge in [0.2, 0.25) is 0 Å². The monoisotopic (exact) mass is 277 g/mol. The van der Waals surface area contributed by atoms with Crippen molar-refractivity contribution in [2.24, 2.45) is 0 Å². The van der Waals surface area contributed by atoms with Crippen LogP contribution in [0.25, 0.3) is 0 Å². The lowest BCUT2D eigenvalue weighted by molar-refractivity contribution is 0.608. The molecule has 0 fully saturated rings. The lowest BCUT2D eigenvalue weighted by Crippen LogP contribution is -1.99. The first-order valence-corrected chi connectivity index (χ1v) is 6.56. The van der Waals surface area contributed by atoms with Gasteiger partial charge in [-0.2, -0.15) is 0 Å². The second-order valence-corrected chi connectivity index (χ2v) is 5.44. The van der Waals surface area contributed by atoms with Crippen molar-refractivity contribution in [3.8, 4) is 0 Å². The van der Waals surface area contributed by atoms with Crippen LogP contribution in [0, 0.1) is 26.6 Å². The molecule has 2 N–H and O–H groups in total. The zero-order chi connectivity index (χ0) is 14.2. The average molecular weight is 278 g/mol. The number of nitrogen functional groups attached to an aromatic ring is 1. The van der Waals surface area contributed by atoms with E-state index in [1.54, 1.807) is 19.9 Å². The Balaban J connectivity index is 2.42. The topological polar surface area (TPSA) is 26.0 Å². The molecular weight excluding hydrogens is 261 g/mol. The van der Waals surface area contributed by atoms with E-state index in [-0.39, 0.29) is 5.82 Å². The smallest absolute Gasteiger partial charge is 0.129 e. The number of nitrogens with two attached hydrogens (primary N) is 1. The third-order valence-electron chi connectivity index (χ3n) is 3.41. The van der Waals surface area contributed by atoms with E-state index in [0.717, 1.165) is 16.7 Å². The molecule has 0 aromatic heterocycles. The minimum Gasteiger partial charge on any atom is -0.398 e. The minimum atomic E-state index is -0.133. The van der Waals surface area contributed by atoms with E-state index in [1.807, 2.05) is 25.1 Å². The number of rotatable bonds is 2. The fourth-order valence-corrected chi connectivity index (χ4v) is 2.55. The molecule has 19 heavy (non-hydrogen) atoms. The summed E-state index contributed by atoms with van der Waals surface area (Å²) < 4.78 is 13.6. The maximum absolute atomic E-state index is 13.6. The molecule has 2 aromatic carbocycles. The van der Waals surface area contributed by atoms with Crippen molar-refractivity contribution in [1.82, 2.24) is 0 Å². The average Bonchev–Trinajstić information content (AvgIpc) is 2.32. The second kappa shape index (κ2) is 5.22. The molecule has 1 nitrogen and oxygen atoms in total. The van der Waals surface area contributed by atoms with Gasteiger partial charge in [0.05, 0.1) is 0 Å². The predicted octanol–water partition coefficient (Wildman–Crippen LogP) is 4.58. The van der Waals surface area contributed by atoms with Gasteiger partial charge in [0.1, 0.15) is 5.82 Å². The lowest BCUT2D eigenvalue weighted by Gasteiger charge is -2.11. The zero-order valence-corrected chi connectivity index (χ0v) is 12.1. The molecule has 0 bridgehead atoms. The van der Waals surface area contributed by atoms with Crippen molar-refractivity contribution in [3.63, 3.8) is 0 Å². The number of hydrogen-bond acceptors (Lipinski definition) is 1. The zero-order valence-electron chi connectivity index (χ0n) is 11.3.